The fraction of sp³-hybridized carbons (Fsp3) is 0.412. The molecule has 3 rings (SSSR count). The predicted octanol–water partition coefficient (Wildman–Crippen LogP) is 4.31. The summed E-state index contributed by atoms with van der Waals surface area (Å²) in [4.78, 5) is 0. The topological polar surface area (TPSA) is 20.2 Å². The number of hydrogen-bond donors (Lipinski definition) is 1. The molecule has 0 saturated heterocycles. The summed E-state index contributed by atoms with van der Waals surface area (Å²) in [6, 6.07) is 14.6. The zero-order chi connectivity index (χ0) is 12.5. The Bertz CT molecular complexity index is 541. The van der Waals surface area contributed by atoms with E-state index in [-0.39, 0.29) is 6.10 Å². The van der Waals surface area contributed by atoms with E-state index in [0.717, 1.165) is 12.0 Å². The first-order valence-corrected chi connectivity index (χ1v) is 6.93. The SMILES string of the molecule is CC1CCCC1C(O)c1cccc2ccccc12. The predicted molar refractivity (Wildman–Crippen MR) is 75.4 cm³/mol. The average molecular weight is 240 g/mol. The molecule has 1 fully saturated rings. The molecule has 1 saturated carbocycles. The lowest BCUT2D eigenvalue weighted by Gasteiger charge is -2.23. The first kappa shape index (κ1) is 11.7. The van der Waals surface area contributed by atoms with Crippen molar-refractivity contribution in [2.24, 2.45) is 11.8 Å². The molecule has 0 aliphatic heterocycles. The van der Waals surface area contributed by atoms with Crippen molar-refractivity contribution >= 4 is 10.8 Å². The second-order valence-corrected chi connectivity index (χ2v) is 5.59. The third-order valence-corrected chi connectivity index (χ3v) is 4.48. The molecule has 2 aromatic rings. The van der Waals surface area contributed by atoms with Gasteiger partial charge in [0.2, 0.25) is 0 Å². The van der Waals surface area contributed by atoms with Crippen molar-refractivity contribution in [2.75, 3.05) is 0 Å². The van der Waals surface area contributed by atoms with Gasteiger partial charge in [-0.3, -0.25) is 0 Å². The van der Waals surface area contributed by atoms with Gasteiger partial charge in [0, 0.05) is 0 Å². The first-order valence-electron chi connectivity index (χ1n) is 6.93. The minimum absolute atomic E-state index is 0.311. The lowest BCUT2D eigenvalue weighted by atomic mass is 9.86. The van der Waals surface area contributed by atoms with Crippen LogP contribution >= 0.6 is 0 Å². The maximum atomic E-state index is 10.7. The Kier molecular flexibility index (Phi) is 3.09. The van der Waals surface area contributed by atoms with Gasteiger partial charge < -0.3 is 5.11 Å². The lowest BCUT2D eigenvalue weighted by molar-refractivity contribution is 0.0913. The molecule has 0 aromatic heterocycles. The molecule has 1 nitrogen and oxygen atoms in total. The highest BCUT2D eigenvalue weighted by Gasteiger charge is 2.31. The van der Waals surface area contributed by atoms with E-state index in [9.17, 15) is 5.11 Å². The van der Waals surface area contributed by atoms with Crippen LogP contribution in [0.2, 0.25) is 0 Å². The Balaban J connectivity index is 2.03. The van der Waals surface area contributed by atoms with Crippen LogP contribution in [0.1, 0.15) is 37.9 Å². The zero-order valence-corrected chi connectivity index (χ0v) is 10.8. The maximum Gasteiger partial charge on any atom is 0.0826 e. The van der Waals surface area contributed by atoms with Gasteiger partial charge in [0.15, 0.2) is 0 Å². The molecule has 3 atom stereocenters. The molecule has 3 unspecified atom stereocenters. The summed E-state index contributed by atoms with van der Waals surface area (Å²) in [7, 11) is 0. The molecular formula is C17H20O. The smallest absolute Gasteiger partial charge is 0.0826 e. The average Bonchev–Trinajstić information content (AvgIpc) is 2.83. The minimum Gasteiger partial charge on any atom is -0.388 e. The highest BCUT2D eigenvalue weighted by molar-refractivity contribution is 5.86. The minimum atomic E-state index is -0.311. The summed E-state index contributed by atoms with van der Waals surface area (Å²) in [5, 5.41) is 13.1. The molecule has 0 bridgehead atoms. The monoisotopic (exact) mass is 240 g/mol. The second kappa shape index (κ2) is 4.74. The van der Waals surface area contributed by atoms with E-state index in [4.69, 9.17) is 0 Å². The number of aliphatic hydroxyl groups excluding tert-OH is 1. The molecule has 2 aromatic carbocycles. The van der Waals surface area contributed by atoms with Crippen LogP contribution in [-0.2, 0) is 0 Å². The molecule has 1 aliphatic rings. The van der Waals surface area contributed by atoms with Crippen molar-refractivity contribution in [1.29, 1.82) is 0 Å². The first-order chi connectivity index (χ1) is 8.77. The van der Waals surface area contributed by atoms with Crippen molar-refractivity contribution in [3.63, 3.8) is 0 Å². The zero-order valence-electron chi connectivity index (χ0n) is 10.8. The third kappa shape index (κ3) is 1.93. The molecule has 1 heteroatoms. The van der Waals surface area contributed by atoms with E-state index < -0.39 is 0 Å². The van der Waals surface area contributed by atoms with Crippen LogP contribution in [0.4, 0.5) is 0 Å². The number of benzene rings is 2. The van der Waals surface area contributed by atoms with Crippen molar-refractivity contribution in [2.45, 2.75) is 32.3 Å². The Hall–Kier alpha value is -1.34. The summed E-state index contributed by atoms with van der Waals surface area (Å²) in [6.07, 6.45) is 3.36. The van der Waals surface area contributed by atoms with E-state index in [1.807, 2.05) is 0 Å². The van der Waals surface area contributed by atoms with Crippen LogP contribution < -0.4 is 0 Å². The highest BCUT2D eigenvalue weighted by atomic mass is 16.3. The quantitative estimate of drug-likeness (QED) is 0.829. The van der Waals surface area contributed by atoms with Gasteiger partial charge in [-0.2, -0.15) is 0 Å². The van der Waals surface area contributed by atoms with E-state index in [2.05, 4.69) is 49.4 Å². The molecule has 18 heavy (non-hydrogen) atoms. The van der Waals surface area contributed by atoms with Crippen LogP contribution in [0.25, 0.3) is 10.8 Å². The van der Waals surface area contributed by atoms with Gasteiger partial charge in [0.1, 0.15) is 0 Å². The van der Waals surface area contributed by atoms with E-state index >= 15 is 0 Å². The molecule has 1 N–H and O–H groups in total. The van der Waals surface area contributed by atoms with Gasteiger partial charge in [0.05, 0.1) is 6.10 Å². The van der Waals surface area contributed by atoms with Crippen LogP contribution in [0.3, 0.4) is 0 Å². The van der Waals surface area contributed by atoms with Crippen molar-refractivity contribution < 1.29 is 5.11 Å². The highest BCUT2D eigenvalue weighted by Crippen LogP contribution is 2.41. The van der Waals surface area contributed by atoms with Crippen LogP contribution in [0.15, 0.2) is 42.5 Å². The summed E-state index contributed by atoms with van der Waals surface area (Å²) in [6.45, 7) is 2.27. The molecule has 0 heterocycles. The largest absolute Gasteiger partial charge is 0.388 e. The normalized spacial score (nSPS) is 25.4. The molecule has 94 valence electrons. The van der Waals surface area contributed by atoms with Gasteiger partial charge in [-0.15, -0.1) is 0 Å². The van der Waals surface area contributed by atoms with Crippen molar-refractivity contribution in [1.82, 2.24) is 0 Å². The standard InChI is InChI=1S/C17H20O/c1-12-6-4-10-14(12)17(18)16-11-5-8-13-7-2-3-9-15(13)16/h2-3,5,7-9,11-12,14,17-18H,4,6,10H2,1H3. The summed E-state index contributed by atoms with van der Waals surface area (Å²) >= 11 is 0. The fourth-order valence-electron chi connectivity index (χ4n) is 3.38. The van der Waals surface area contributed by atoms with Gasteiger partial charge in [-0.1, -0.05) is 62.2 Å². The van der Waals surface area contributed by atoms with Gasteiger partial charge in [-0.05, 0) is 34.6 Å². The summed E-state index contributed by atoms with van der Waals surface area (Å²) in [5.74, 6) is 1.06. The van der Waals surface area contributed by atoms with Crippen LogP contribution in [0, 0.1) is 11.8 Å². The molecular weight excluding hydrogens is 220 g/mol. The van der Waals surface area contributed by atoms with Crippen molar-refractivity contribution in [3.05, 3.63) is 48.0 Å². The van der Waals surface area contributed by atoms with Crippen LogP contribution in [0.5, 0.6) is 0 Å². The van der Waals surface area contributed by atoms with E-state index in [1.54, 1.807) is 0 Å². The Morgan fingerprint density at radius 3 is 2.61 bits per heavy atom. The number of aliphatic hydroxyl groups is 1. The Labute approximate surface area is 108 Å². The van der Waals surface area contributed by atoms with Crippen molar-refractivity contribution in [3.8, 4) is 0 Å². The van der Waals surface area contributed by atoms with Gasteiger partial charge in [-0.25, -0.2) is 0 Å². The maximum absolute atomic E-state index is 10.7. The molecule has 0 spiro atoms. The van der Waals surface area contributed by atoms with Gasteiger partial charge >= 0.3 is 0 Å². The van der Waals surface area contributed by atoms with Gasteiger partial charge in [0.25, 0.3) is 0 Å². The Morgan fingerprint density at radius 1 is 1.06 bits per heavy atom. The van der Waals surface area contributed by atoms with E-state index in [0.29, 0.717) is 11.8 Å². The summed E-state index contributed by atoms with van der Waals surface area (Å²) < 4.78 is 0. The molecule has 0 radical (unpaired) electrons. The van der Waals surface area contributed by atoms with Crippen LogP contribution in [-0.4, -0.2) is 5.11 Å². The summed E-state index contributed by atoms with van der Waals surface area (Å²) in [5.41, 5.74) is 1.10. The van der Waals surface area contributed by atoms with E-state index in [1.165, 1.54) is 23.6 Å². The Morgan fingerprint density at radius 2 is 1.83 bits per heavy atom. The third-order valence-electron chi connectivity index (χ3n) is 4.48. The number of fused-ring (bicyclic) bond motifs is 1. The second-order valence-electron chi connectivity index (χ2n) is 5.59. The lowest BCUT2D eigenvalue weighted by Crippen LogP contribution is -2.15. The molecule has 0 amide bonds. The fourth-order valence-corrected chi connectivity index (χ4v) is 3.38. The number of rotatable bonds is 2. The molecule has 1 aliphatic carbocycles. The number of hydrogen-bond acceptors (Lipinski definition) is 1.